The summed E-state index contributed by atoms with van der Waals surface area (Å²) in [6.07, 6.45) is 2.63. The Kier molecular flexibility index (Phi) is 9.16. The van der Waals surface area contributed by atoms with E-state index in [2.05, 4.69) is 44.3 Å². The summed E-state index contributed by atoms with van der Waals surface area (Å²) in [5, 5.41) is 3.09. The van der Waals surface area contributed by atoms with Crippen LogP contribution in [0.15, 0.2) is 66.9 Å². The fourth-order valence-electron chi connectivity index (χ4n) is 5.27. The molecule has 2 aromatic carbocycles. The number of piperazine rings is 1. The third-order valence-electron chi connectivity index (χ3n) is 7.75. The molecule has 216 valence electrons. The molecule has 0 atom stereocenters. The molecule has 2 aromatic heterocycles. The molecule has 3 heterocycles. The number of benzene rings is 2. The van der Waals surface area contributed by atoms with Crippen LogP contribution in [0.3, 0.4) is 0 Å². The van der Waals surface area contributed by atoms with Crippen molar-refractivity contribution in [2.45, 2.75) is 26.4 Å². The number of halogens is 1. The van der Waals surface area contributed by atoms with Crippen LogP contribution in [0, 0.1) is 5.82 Å². The van der Waals surface area contributed by atoms with Crippen LogP contribution >= 0.6 is 0 Å². The van der Waals surface area contributed by atoms with Gasteiger partial charge in [0.15, 0.2) is 0 Å². The van der Waals surface area contributed by atoms with Crippen LogP contribution in [0.1, 0.15) is 34.2 Å². The van der Waals surface area contributed by atoms with Crippen molar-refractivity contribution in [1.82, 2.24) is 19.6 Å². The van der Waals surface area contributed by atoms with Crippen LogP contribution in [-0.2, 0) is 24.2 Å². The molecule has 1 fully saturated rings. The zero-order valence-corrected chi connectivity index (χ0v) is 24.1. The van der Waals surface area contributed by atoms with E-state index < -0.39 is 0 Å². The molecule has 4 aromatic rings. The van der Waals surface area contributed by atoms with Crippen LogP contribution in [0.2, 0.25) is 0 Å². The highest BCUT2D eigenvalue weighted by Gasteiger charge is 2.21. The number of carbonyl (C=O) groups excluding carboxylic acids is 1. The van der Waals surface area contributed by atoms with Gasteiger partial charge in [0.1, 0.15) is 17.2 Å². The van der Waals surface area contributed by atoms with Gasteiger partial charge in [-0.25, -0.2) is 9.37 Å². The number of nitrogens with one attached hydrogen (secondary N) is 1. The minimum atomic E-state index is -0.202. The number of anilines is 2. The summed E-state index contributed by atoms with van der Waals surface area (Å²) in [6, 6.07) is 19.1. The van der Waals surface area contributed by atoms with Crippen molar-refractivity contribution < 1.29 is 13.9 Å². The fraction of sp³-hybridized carbons (Fsp3) is 0.375. The molecule has 0 unspecified atom stereocenters. The molecule has 1 N–H and O–H groups in total. The topological polar surface area (TPSA) is 65.4 Å². The molecule has 1 aliphatic rings. The predicted molar refractivity (Wildman–Crippen MR) is 161 cm³/mol. The van der Waals surface area contributed by atoms with E-state index in [0.29, 0.717) is 25.3 Å². The normalized spacial score (nSPS) is 14.0. The first kappa shape index (κ1) is 28.6. The Balaban J connectivity index is 1.21. The van der Waals surface area contributed by atoms with E-state index in [1.54, 1.807) is 7.11 Å². The van der Waals surface area contributed by atoms with E-state index in [-0.39, 0.29) is 11.7 Å². The highest BCUT2D eigenvalue weighted by Crippen LogP contribution is 2.22. The zero-order valence-electron chi connectivity index (χ0n) is 24.1. The fourth-order valence-corrected chi connectivity index (χ4v) is 5.27. The Hall–Kier alpha value is -3.95. The highest BCUT2D eigenvalue weighted by molar-refractivity contribution is 5.94. The van der Waals surface area contributed by atoms with Gasteiger partial charge in [0.25, 0.3) is 5.91 Å². The molecule has 0 bridgehead atoms. The van der Waals surface area contributed by atoms with E-state index in [0.717, 1.165) is 73.1 Å². The lowest BCUT2D eigenvalue weighted by atomic mass is 10.2. The maximum Gasteiger partial charge on any atom is 0.270 e. The van der Waals surface area contributed by atoms with Crippen molar-refractivity contribution in [3.8, 4) is 0 Å². The molecule has 0 aliphatic carbocycles. The third-order valence-corrected chi connectivity index (χ3v) is 7.75. The van der Waals surface area contributed by atoms with Crippen LogP contribution < -0.4 is 15.1 Å². The Labute approximate surface area is 241 Å². The largest absolute Gasteiger partial charge is 0.383 e. The number of ether oxygens (including phenoxy) is 1. The Bertz CT molecular complexity index is 1450. The van der Waals surface area contributed by atoms with E-state index in [1.807, 2.05) is 48.8 Å². The summed E-state index contributed by atoms with van der Waals surface area (Å²) >= 11 is 0. The molecule has 5 rings (SSSR count). The number of likely N-dealkylation sites (N-methyl/N-ethyl adjacent to an activating group) is 1. The Morgan fingerprint density at radius 1 is 1.02 bits per heavy atom. The average molecular weight is 559 g/mol. The summed E-state index contributed by atoms with van der Waals surface area (Å²) in [7, 11) is 3.74. The van der Waals surface area contributed by atoms with Gasteiger partial charge in [-0.2, -0.15) is 0 Å². The zero-order chi connectivity index (χ0) is 28.8. The number of pyridine rings is 1. The maximum atomic E-state index is 13.3. The number of hydrogen-bond acceptors (Lipinski definition) is 6. The van der Waals surface area contributed by atoms with Gasteiger partial charge in [-0.3, -0.25) is 14.1 Å². The van der Waals surface area contributed by atoms with Gasteiger partial charge in [0, 0.05) is 83.6 Å². The lowest BCUT2D eigenvalue weighted by Gasteiger charge is -2.36. The number of nitrogens with zero attached hydrogens (tertiary/aromatic N) is 5. The first-order valence-electron chi connectivity index (χ1n) is 14.2. The summed E-state index contributed by atoms with van der Waals surface area (Å²) in [5.74, 6) is -0.329. The van der Waals surface area contributed by atoms with Gasteiger partial charge in [0.2, 0.25) is 0 Å². The lowest BCUT2D eigenvalue weighted by Crippen LogP contribution is -2.46. The molecule has 9 heteroatoms. The summed E-state index contributed by atoms with van der Waals surface area (Å²) < 4.78 is 20.3. The van der Waals surface area contributed by atoms with Crippen LogP contribution in [-0.4, -0.2) is 73.7 Å². The van der Waals surface area contributed by atoms with Gasteiger partial charge in [0.05, 0.1) is 12.3 Å². The van der Waals surface area contributed by atoms with Crippen molar-refractivity contribution in [3.05, 3.63) is 95.2 Å². The molecule has 8 nitrogen and oxygen atoms in total. The highest BCUT2D eigenvalue weighted by atomic mass is 19.1. The molecular formula is C32H39FN6O2. The summed E-state index contributed by atoms with van der Waals surface area (Å²) in [6.45, 7) is 8.42. The molecule has 1 saturated heterocycles. The second-order valence-corrected chi connectivity index (χ2v) is 10.5. The Morgan fingerprint density at radius 2 is 1.73 bits per heavy atom. The lowest BCUT2D eigenvalue weighted by molar-refractivity contribution is 0.0944. The van der Waals surface area contributed by atoms with Crippen molar-refractivity contribution >= 4 is 22.9 Å². The average Bonchev–Trinajstić information content (AvgIpc) is 3.38. The van der Waals surface area contributed by atoms with E-state index >= 15 is 0 Å². The maximum absolute atomic E-state index is 13.3. The van der Waals surface area contributed by atoms with Gasteiger partial charge >= 0.3 is 0 Å². The van der Waals surface area contributed by atoms with Crippen molar-refractivity contribution in [1.29, 1.82) is 0 Å². The first-order valence-corrected chi connectivity index (χ1v) is 14.2. The molecule has 1 aliphatic heterocycles. The first-order chi connectivity index (χ1) is 19.9. The standard InChI is InChI=1S/C32H39FN6O2/c1-4-29-31(32(40)34-22-24-7-11-27(12-8-24)36(2)19-20-41-3)39-14-13-28(21-30(39)35-29)38-17-15-37(16-18-38)23-25-5-9-26(33)10-6-25/h5-14,21H,4,15-20,22-23H2,1-3H3,(H,34,40). The monoisotopic (exact) mass is 558 g/mol. The SMILES string of the molecule is CCc1nc2cc(N3CCN(Cc4ccc(F)cc4)CC3)ccn2c1C(=O)NCc1ccc(N(C)CCOC)cc1. The predicted octanol–water partition coefficient (Wildman–Crippen LogP) is 4.37. The molecule has 0 saturated carbocycles. The number of hydrogen-bond donors (Lipinski definition) is 1. The van der Waals surface area contributed by atoms with Gasteiger partial charge in [-0.1, -0.05) is 31.2 Å². The molecular weight excluding hydrogens is 519 g/mol. The number of aromatic nitrogens is 2. The number of imidazole rings is 1. The number of methoxy groups -OCH3 is 1. The summed E-state index contributed by atoms with van der Waals surface area (Å²) in [4.78, 5) is 25.0. The van der Waals surface area contributed by atoms with Crippen molar-refractivity contribution in [3.63, 3.8) is 0 Å². The summed E-state index contributed by atoms with van der Waals surface area (Å²) in [5.41, 5.74) is 6.54. The number of carbonyl (C=O) groups is 1. The third kappa shape index (κ3) is 6.86. The van der Waals surface area contributed by atoms with E-state index in [9.17, 15) is 9.18 Å². The van der Waals surface area contributed by atoms with Crippen LogP contribution in [0.4, 0.5) is 15.8 Å². The smallest absolute Gasteiger partial charge is 0.270 e. The number of rotatable bonds is 11. The quantitative estimate of drug-likeness (QED) is 0.295. The molecule has 0 spiro atoms. The second-order valence-electron chi connectivity index (χ2n) is 10.5. The van der Waals surface area contributed by atoms with E-state index in [1.165, 1.54) is 12.1 Å². The van der Waals surface area contributed by atoms with Crippen LogP contribution in [0.25, 0.3) is 5.65 Å². The number of fused-ring (bicyclic) bond motifs is 1. The van der Waals surface area contributed by atoms with Gasteiger partial charge in [-0.15, -0.1) is 0 Å². The van der Waals surface area contributed by atoms with Gasteiger partial charge in [-0.05, 0) is 47.9 Å². The number of amides is 1. The second kappa shape index (κ2) is 13.1. The number of aryl methyl sites for hydroxylation is 1. The van der Waals surface area contributed by atoms with E-state index in [4.69, 9.17) is 9.72 Å². The van der Waals surface area contributed by atoms with Gasteiger partial charge < -0.3 is 19.9 Å². The van der Waals surface area contributed by atoms with Crippen molar-refractivity contribution in [2.24, 2.45) is 0 Å². The molecule has 41 heavy (non-hydrogen) atoms. The minimum Gasteiger partial charge on any atom is -0.383 e. The van der Waals surface area contributed by atoms with Crippen LogP contribution in [0.5, 0.6) is 0 Å². The Morgan fingerprint density at radius 3 is 2.41 bits per heavy atom. The molecule has 0 radical (unpaired) electrons. The minimum absolute atomic E-state index is 0.127. The molecule has 1 amide bonds. The van der Waals surface area contributed by atoms with Crippen molar-refractivity contribution in [2.75, 3.05) is 63.3 Å².